The van der Waals surface area contributed by atoms with Crippen molar-refractivity contribution in [3.63, 3.8) is 0 Å². The Labute approximate surface area is 134 Å². The van der Waals surface area contributed by atoms with Crippen LogP contribution in [0, 0.1) is 0 Å². The summed E-state index contributed by atoms with van der Waals surface area (Å²) in [7, 11) is 2.14. The fourth-order valence-electron chi connectivity index (χ4n) is 2.88. The average Bonchev–Trinajstić information content (AvgIpc) is 2.49. The van der Waals surface area contributed by atoms with Crippen LogP contribution in [0.2, 0.25) is 0 Å². The van der Waals surface area contributed by atoms with Gasteiger partial charge in [0.2, 0.25) is 0 Å². The van der Waals surface area contributed by atoms with E-state index in [4.69, 9.17) is 14.2 Å². The molecule has 2 aliphatic rings. The summed E-state index contributed by atoms with van der Waals surface area (Å²) in [6.45, 7) is 4.00. The molecule has 0 aromatic heterocycles. The molecule has 116 valence electrons. The van der Waals surface area contributed by atoms with Crippen LogP contribution in [0.3, 0.4) is 0 Å². The minimum Gasteiger partial charge on any atom is -0.486 e. The van der Waals surface area contributed by atoms with Gasteiger partial charge in [-0.25, -0.2) is 0 Å². The van der Waals surface area contributed by atoms with Gasteiger partial charge < -0.3 is 14.2 Å². The van der Waals surface area contributed by atoms with Crippen LogP contribution < -0.4 is 9.47 Å². The lowest BCUT2D eigenvalue weighted by atomic mass is 10.1. The molecule has 0 bridgehead atoms. The van der Waals surface area contributed by atoms with Crippen LogP contribution >= 0.6 is 15.9 Å². The van der Waals surface area contributed by atoms with E-state index in [1.807, 2.05) is 6.07 Å². The maximum Gasteiger partial charge on any atom is 0.162 e. The number of fused-ring (bicyclic) bond motifs is 1. The van der Waals surface area contributed by atoms with Gasteiger partial charge in [-0.05, 0) is 44.0 Å². The lowest BCUT2D eigenvalue weighted by Gasteiger charge is -2.28. The number of benzene rings is 1. The summed E-state index contributed by atoms with van der Waals surface area (Å²) in [5.41, 5.74) is 1.22. The first-order chi connectivity index (χ1) is 10.2. The van der Waals surface area contributed by atoms with E-state index in [0.717, 1.165) is 35.7 Å². The molecule has 3 rings (SSSR count). The smallest absolute Gasteiger partial charge is 0.162 e. The monoisotopic (exact) mass is 355 g/mol. The highest BCUT2D eigenvalue weighted by molar-refractivity contribution is 9.10. The number of hydrogen-bond acceptors (Lipinski definition) is 4. The fraction of sp³-hybridized carbons (Fsp3) is 0.625. The summed E-state index contributed by atoms with van der Waals surface area (Å²) in [5, 5.41) is 0. The molecule has 0 spiro atoms. The summed E-state index contributed by atoms with van der Waals surface area (Å²) >= 11 is 3.64. The van der Waals surface area contributed by atoms with Crippen LogP contribution in [0.4, 0.5) is 0 Å². The Morgan fingerprint density at radius 3 is 2.62 bits per heavy atom. The van der Waals surface area contributed by atoms with Gasteiger partial charge >= 0.3 is 0 Å². The van der Waals surface area contributed by atoms with Crippen LogP contribution in [-0.4, -0.2) is 44.4 Å². The molecule has 21 heavy (non-hydrogen) atoms. The lowest BCUT2D eigenvalue weighted by Crippen LogP contribution is -2.33. The van der Waals surface area contributed by atoms with Gasteiger partial charge in [-0.3, -0.25) is 4.90 Å². The molecule has 0 amide bonds. The maximum absolute atomic E-state index is 5.81. The normalized spacial score (nSPS) is 21.6. The average molecular weight is 356 g/mol. The third-order valence-electron chi connectivity index (χ3n) is 3.94. The molecule has 4 nitrogen and oxygen atoms in total. The molecule has 2 heterocycles. The second-order valence-electron chi connectivity index (χ2n) is 5.77. The molecule has 1 aromatic rings. The zero-order chi connectivity index (χ0) is 14.7. The van der Waals surface area contributed by atoms with Gasteiger partial charge in [0.1, 0.15) is 13.2 Å². The highest BCUT2D eigenvalue weighted by atomic mass is 79.9. The van der Waals surface area contributed by atoms with Crippen molar-refractivity contribution in [2.75, 3.05) is 33.4 Å². The van der Waals surface area contributed by atoms with E-state index in [2.05, 4.69) is 33.9 Å². The van der Waals surface area contributed by atoms with Gasteiger partial charge in [0, 0.05) is 24.2 Å². The Morgan fingerprint density at radius 2 is 1.90 bits per heavy atom. The van der Waals surface area contributed by atoms with Crippen molar-refractivity contribution in [1.82, 2.24) is 4.90 Å². The second kappa shape index (κ2) is 6.99. The van der Waals surface area contributed by atoms with Crippen molar-refractivity contribution in [2.45, 2.75) is 31.9 Å². The third-order valence-corrected chi connectivity index (χ3v) is 4.68. The van der Waals surface area contributed by atoms with Gasteiger partial charge in [-0.15, -0.1) is 0 Å². The van der Waals surface area contributed by atoms with Crippen molar-refractivity contribution in [2.24, 2.45) is 0 Å². The second-order valence-corrected chi connectivity index (χ2v) is 6.63. The van der Waals surface area contributed by atoms with Gasteiger partial charge in [-0.2, -0.15) is 0 Å². The Bertz CT molecular complexity index is 489. The quantitative estimate of drug-likeness (QED) is 0.829. The predicted octanol–water partition coefficient (Wildman–Crippen LogP) is 3.22. The molecule has 0 saturated carbocycles. The number of ether oxygens (including phenoxy) is 3. The summed E-state index contributed by atoms with van der Waals surface area (Å²) in [6, 6.07) is 4.09. The highest BCUT2D eigenvalue weighted by Gasteiger charge is 2.18. The largest absolute Gasteiger partial charge is 0.486 e. The fourth-order valence-corrected chi connectivity index (χ4v) is 3.33. The summed E-state index contributed by atoms with van der Waals surface area (Å²) in [4.78, 5) is 2.31. The first kappa shape index (κ1) is 15.1. The number of likely N-dealkylation sites (N-methyl/N-ethyl adjacent to an activating group) is 1. The van der Waals surface area contributed by atoms with E-state index in [-0.39, 0.29) is 0 Å². The van der Waals surface area contributed by atoms with Crippen molar-refractivity contribution >= 4 is 15.9 Å². The van der Waals surface area contributed by atoms with Crippen LogP contribution in [0.5, 0.6) is 11.5 Å². The number of hydrogen-bond donors (Lipinski definition) is 0. The van der Waals surface area contributed by atoms with Crippen molar-refractivity contribution in [3.05, 3.63) is 22.2 Å². The maximum atomic E-state index is 5.81. The molecule has 0 aliphatic carbocycles. The Hall–Kier alpha value is -0.780. The van der Waals surface area contributed by atoms with Crippen molar-refractivity contribution < 1.29 is 14.2 Å². The van der Waals surface area contributed by atoms with E-state index < -0.39 is 0 Å². The SMILES string of the molecule is CN(Cc1cc2c(cc1Br)OCCO2)CC1CCCCO1. The third kappa shape index (κ3) is 3.90. The number of nitrogens with zero attached hydrogens (tertiary/aromatic N) is 1. The van der Waals surface area contributed by atoms with E-state index in [9.17, 15) is 0 Å². The van der Waals surface area contributed by atoms with Crippen LogP contribution in [-0.2, 0) is 11.3 Å². The van der Waals surface area contributed by atoms with Crippen LogP contribution in [0.25, 0.3) is 0 Å². The standard InChI is InChI=1S/C16H22BrNO3/c1-18(11-13-4-2-3-5-19-13)10-12-8-15-16(9-14(12)17)21-7-6-20-15/h8-9,13H,2-7,10-11H2,1H3. The van der Waals surface area contributed by atoms with Crippen LogP contribution in [0.1, 0.15) is 24.8 Å². The van der Waals surface area contributed by atoms with Crippen molar-refractivity contribution in [1.29, 1.82) is 0 Å². The molecule has 0 N–H and O–H groups in total. The Morgan fingerprint density at radius 1 is 1.14 bits per heavy atom. The minimum atomic E-state index is 0.375. The summed E-state index contributed by atoms with van der Waals surface area (Å²) in [5.74, 6) is 1.68. The lowest BCUT2D eigenvalue weighted by molar-refractivity contribution is -0.00263. The predicted molar refractivity (Wildman–Crippen MR) is 85.1 cm³/mol. The van der Waals surface area contributed by atoms with Crippen LogP contribution in [0.15, 0.2) is 16.6 Å². The summed E-state index contributed by atoms with van der Waals surface area (Å²) in [6.07, 6.45) is 4.03. The molecule has 1 atom stereocenters. The Kier molecular flexibility index (Phi) is 5.03. The topological polar surface area (TPSA) is 30.9 Å². The van der Waals surface area contributed by atoms with E-state index in [1.165, 1.54) is 24.8 Å². The zero-order valence-corrected chi connectivity index (χ0v) is 14.0. The van der Waals surface area contributed by atoms with E-state index in [0.29, 0.717) is 19.3 Å². The molecular weight excluding hydrogens is 334 g/mol. The van der Waals surface area contributed by atoms with Gasteiger partial charge in [0.15, 0.2) is 11.5 Å². The van der Waals surface area contributed by atoms with E-state index >= 15 is 0 Å². The van der Waals surface area contributed by atoms with Gasteiger partial charge in [0.05, 0.1) is 6.10 Å². The molecule has 1 aromatic carbocycles. The zero-order valence-electron chi connectivity index (χ0n) is 12.4. The number of halogens is 1. The van der Waals surface area contributed by atoms with Gasteiger partial charge in [0.25, 0.3) is 0 Å². The molecule has 1 fully saturated rings. The van der Waals surface area contributed by atoms with Gasteiger partial charge in [-0.1, -0.05) is 15.9 Å². The molecular formula is C16H22BrNO3. The molecule has 1 saturated heterocycles. The minimum absolute atomic E-state index is 0.375. The summed E-state index contributed by atoms with van der Waals surface area (Å²) < 4.78 is 18.1. The Balaban J connectivity index is 1.63. The highest BCUT2D eigenvalue weighted by Crippen LogP contribution is 2.36. The number of rotatable bonds is 4. The molecule has 1 unspecified atom stereocenters. The first-order valence-electron chi connectivity index (χ1n) is 7.60. The molecule has 5 heteroatoms. The molecule has 2 aliphatic heterocycles. The van der Waals surface area contributed by atoms with Crippen molar-refractivity contribution in [3.8, 4) is 11.5 Å². The first-order valence-corrected chi connectivity index (χ1v) is 8.40. The van der Waals surface area contributed by atoms with E-state index in [1.54, 1.807) is 0 Å². The molecule has 0 radical (unpaired) electrons.